The van der Waals surface area contributed by atoms with Gasteiger partial charge in [-0.3, -0.25) is 4.79 Å². The van der Waals surface area contributed by atoms with Crippen molar-refractivity contribution in [3.05, 3.63) is 35.9 Å². The number of benzene rings is 1. The number of carbonyl (C=O) groups excluding carboxylic acids is 1. The maximum Gasteiger partial charge on any atom is 0.223 e. The minimum Gasteiger partial charge on any atom is -0.385 e. The van der Waals surface area contributed by atoms with Gasteiger partial charge in [0.25, 0.3) is 0 Å². The third kappa shape index (κ3) is 4.25. The normalized spacial score (nSPS) is 22.5. The molecule has 3 nitrogen and oxygen atoms in total. The highest BCUT2D eigenvalue weighted by Gasteiger charge is 2.27. The van der Waals surface area contributed by atoms with Crippen LogP contribution in [0.5, 0.6) is 0 Å². The Morgan fingerprint density at radius 2 is 2.21 bits per heavy atom. The van der Waals surface area contributed by atoms with E-state index in [1.165, 1.54) is 5.75 Å². The summed E-state index contributed by atoms with van der Waals surface area (Å²) in [6, 6.07) is 9.61. The minimum absolute atomic E-state index is 0.0682. The summed E-state index contributed by atoms with van der Waals surface area (Å²) in [7, 11) is 0. The lowest BCUT2D eigenvalue weighted by atomic mass is 9.92. The molecule has 1 amide bonds. The minimum atomic E-state index is -1.10. The first-order valence-electron chi connectivity index (χ1n) is 6.73. The zero-order valence-corrected chi connectivity index (χ0v) is 12.1. The van der Waals surface area contributed by atoms with Crippen LogP contribution in [-0.4, -0.2) is 28.6 Å². The second kappa shape index (κ2) is 6.44. The molecule has 0 aromatic heterocycles. The van der Waals surface area contributed by atoms with Gasteiger partial charge in [-0.25, -0.2) is 0 Å². The largest absolute Gasteiger partial charge is 0.385 e. The second-order valence-corrected chi connectivity index (χ2v) is 6.45. The molecule has 2 atom stereocenters. The lowest BCUT2D eigenvalue weighted by molar-refractivity contribution is -0.126. The monoisotopic (exact) mass is 279 g/mol. The van der Waals surface area contributed by atoms with Crippen LogP contribution in [0.25, 0.3) is 0 Å². The van der Waals surface area contributed by atoms with E-state index in [4.69, 9.17) is 0 Å². The van der Waals surface area contributed by atoms with Crippen molar-refractivity contribution in [1.82, 2.24) is 5.32 Å². The van der Waals surface area contributed by atoms with Gasteiger partial charge in [0.1, 0.15) is 0 Å². The third-order valence-corrected chi connectivity index (χ3v) is 4.64. The number of hydrogen-bond acceptors (Lipinski definition) is 3. The fraction of sp³-hybridized carbons (Fsp3) is 0.533. The van der Waals surface area contributed by atoms with Gasteiger partial charge in [0.2, 0.25) is 5.91 Å². The SMILES string of the molecule is CC(O)(CC(=O)NC1CCCSC1)c1ccccc1. The first-order chi connectivity index (χ1) is 9.08. The van der Waals surface area contributed by atoms with Crippen LogP contribution in [-0.2, 0) is 10.4 Å². The molecule has 2 rings (SSSR count). The van der Waals surface area contributed by atoms with Gasteiger partial charge in [0.05, 0.1) is 12.0 Å². The maximum absolute atomic E-state index is 12.0. The summed E-state index contributed by atoms with van der Waals surface area (Å²) in [5.74, 6) is 2.11. The van der Waals surface area contributed by atoms with E-state index in [1.807, 2.05) is 42.1 Å². The Hall–Kier alpha value is -1.00. The number of rotatable bonds is 4. The average Bonchev–Trinajstić information content (AvgIpc) is 2.40. The molecule has 1 aliphatic heterocycles. The van der Waals surface area contributed by atoms with Crippen LogP contribution in [0, 0.1) is 0 Å². The number of nitrogens with one attached hydrogen (secondary N) is 1. The lowest BCUT2D eigenvalue weighted by Gasteiger charge is -2.26. The maximum atomic E-state index is 12.0. The zero-order chi connectivity index (χ0) is 13.7. The molecule has 0 bridgehead atoms. The third-order valence-electron chi connectivity index (χ3n) is 3.43. The van der Waals surface area contributed by atoms with E-state index < -0.39 is 5.60 Å². The number of carbonyl (C=O) groups is 1. The van der Waals surface area contributed by atoms with E-state index in [0.29, 0.717) is 0 Å². The molecule has 1 aromatic carbocycles. The van der Waals surface area contributed by atoms with Gasteiger partial charge in [-0.05, 0) is 31.1 Å². The van der Waals surface area contributed by atoms with Gasteiger partial charge >= 0.3 is 0 Å². The predicted octanol–water partition coefficient (Wildman–Crippen LogP) is 2.30. The van der Waals surface area contributed by atoms with Crippen molar-refractivity contribution >= 4 is 17.7 Å². The summed E-state index contributed by atoms with van der Waals surface area (Å²) >= 11 is 1.88. The topological polar surface area (TPSA) is 49.3 Å². The molecule has 19 heavy (non-hydrogen) atoms. The molecule has 1 aliphatic rings. The van der Waals surface area contributed by atoms with E-state index in [9.17, 15) is 9.90 Å². The zero-order valence-electron chi connectivity index (χ0n) is 11.3. The molecule has 2 unspecified atom stereocenters. The van der Waals surface area contributed by atoms with Crippen LogP contribution in [0.1, 0.15) is 31.7 Å². The summed E-state index contributed by atoms with van der Waals surface area (Å²) in [5.41, 5.74) is -0.323. The summed E-state index contributed by atoms with van der Waals surface area (Å²) in [6.07, 6.45) is 2.31. The first kappa shape index (κ1) is 14.4. The molecule has 1 saturated heterocycles. The second-order valence-electron chi connectivity index (χ2n) is 5.30. The number of aliphatic hydroxyl groups is 1. The molecule has 0 aliphatic carbocycles. The summed E-state index contributed by atoms with van der Waals surface area (Å²) in [6.45, 7) is 1.69. The van der Waals surface area contributed by atoms with E-state index in [-0.39, 0.29) is 18.4 Å². The van der Waals surface area contributed by atoms with Crippen molar-refractivity contribution in [1.29, 1.82) is 0 Å². The Kier molecular flexibility index (Phi) is 4.88. The Morgan fingerprint density at radius 1 is 1.47 bits per heavy atom. The van der Waals surface area contributed by atoms with Crippen LogP contribution >= 0.6 is 11.8 Å². The molecule has 0 spiro atoms. The smallest absolute Gasteiger partial charge is 0.223 e. The highest BCUT2D eigenvalue weighted by atomic mass is 32.2. The molecular formula is C15H21NO2S. The van der Waals surface area contributed by atoms with Gasteiger partial charge in [-0.2, -0.15) is 11.8 Å². The fourth-order valence-electron chi connectivity index (χ4n) is 2.35. The molecule has 1 fully saturated rings. The van der Waals surface area contributed by atoms with Gasteiger partial charge in [-0.15, -0.1) is 0 Å². The molecule has 104 valence electrons. The summed E-state index contributed by atoms with van der Waals surface area (Å²) in [4.78, 5) is 12.0. The summed E-state index contributed by atoms with van der Waals surface area (Å²) < 4.78 is 0. The van der Waals surface area contributed by atoms with Crippen molar-refractivity contribution in [2.75, 3.05) is 11.5 Å². The molecular weight excluding hydrogens is 258 g/mol. The fourth-order valence-corrected chi connectivity index (χ4v) is 3.42. The van der Waals surface area contributed by atoms with Crippen LogP contribution < -0.4 is 5.32 Å². The number of thioether (sulfide) groups is 1. The predicted molar refractivity (Wildman–Crippen MR) is 79.1 cm³/mol. The molecule has 0 saturated carbocycles. The van der Waals surface area contributed by atoms with Crippen LogP contribution in [0.4, 0.5) is 0 Å². The van der Waals surface area contributed by atoms with E-state index in [2.05, 4.69) is 5.32 Å². The molecule has 0 radical (unpaired) electrons. The Balaban J connectivity index is 1.90. The Morgan fingerprint density at radius 3 is 2.84 bits per heavy atom. The van der Waals surface area contributed by atoms with Gasteiger partial charge in [0, 0.05) is 11.8 Å². The number of hydrogen-bond donors (Lipinski definition) is 2. The standard InChI is InChI=1S/C15H21NO2S/c1-15(18,12-6-3-2-4-7-12)10-14(17)16-13-8-5-9-19-11-13/h2-4,6-7,13,18H,5,8-11H2,1H3,(H,16,17). The van der Waals surface area contributed by atoms with Crippen LogP contribution in [0.2, 0.25) is 0 Å². The van der Waals surface area contributed by atoms with Crippen molar-refractivity contribution in [3.63, 3.8) is 0 Å². The van der Waals surface area contributed by atoms with Crippen molar-refractivity contribution in [2.45, 2.75) is 37.8 Å². The van der Waals surface area contributed by atoms with Crippen LogP contribution in [0.15, 0.2) is 30.3 Å². The molecule has 1 aromatic rings. The molecule has 4 heteroatoms. The van der Waals surface area contributed by atoms with E-state index in [1.54, 1.807) is 6.92 Å². The average molecular weight is 279 g/mol. The lowest BCUT2D eigenvalue weighted by Crippen LogP contribution is -2.41. The molecule has 1 heterocycles. The van der Waals surface area contributed by atoms with E-state index >= 15 is 0 Å². The quantitative estimate of drug-likeness (QED) is 0.889. The highest BCUT2D eigenvalue weighted by Crippen LogP contribution is 2.24. The Labute approximate surface area is 118 Å². The van der Waals surface area contributed by atoms with Crippen molar-refractivity contribution in [2.24, 2.45) is 0 Å². The van der Waals surface area contributed by atoms with Gasteiger partial charge in [0.15, 0.2) is 0 Å². The van der Waals surface area contributed by atoms with Crippen LogP contribution in [0.3, 0.4) is 0 Å². The van der Waals surface area contributed by atoms with Gasteiger partial charge < -0.3 is 10.4 Å². The van der Waals surface area contributed by atoms with Gasteiger partial charge in [-0.1, -0.05) is 30.3 Å². The van der Waals surface area contributed by atoms with E-state index in [0.717, 1.165) is 24.2 Å². The summed E-state index contributed by atoms with van der Waals surface area (Å²) in [5, 5.41) is 13.4. The van der Waals surface area contributed by atoms with Crippen molar-refractivity contribution < 1.29 is 9.90 Å². The highest BCUT2D eigenvalue weighted by molar-refractivity contribution is 7.99. The Bertz CT molecular complexity index is 413. The molecule has 2 N–H and O–H groups in total. The number of amides is 1. The van der Waals surface area contributed by atoms with Crippen molar-refractivity contribution in [3.8, 4) is 0 Å². The first-order valence-corrected chi connectivity index (χ1v) is 7.88.